The predicted molar refractivity (Wildman–Crippen MR) is 119 cm³/mol. The monoisotopic (exact) mass is 380 g/mol. The first-order chi connectivity index (χ1) is 13.8. The second-order valence-corrected chi connectivity index (χ2v) is 9.89. The van der Waals surface area contributed by atoms with Crippen LogP contribution in [0.5, 0.6) is 5.75 Å². The zero-order valence-corrected chi connectivity index (χ0v) is 18.0. The summed E-state index contributed by atoms with van der Waals surface area (Å²) in [4.78, 5) is 0. The minimum Gasteiger partial charge on any atom is -0.494 e. The van der Waals surface area contributed by atoms with Gasteiger partial charge in [-0.15, -0.1) is 6.58 Å². The van der Waals surface area contributed by atoms with Gasteiger partial charge in [-0.3, -0.25) is 0 Å². The molecule has 0 N–H and O–H groups in total. The van der Waals surface area contributed by atoms with E-state index in [9.17, 15) is 0 Å². The van der Waals surface area contributed by atoms with Crippen LogP contribution in [0.25, 0.3) is 0 Å². The van der Waals surface area contributed by atoms with E-state index >= 15 is 0 Å². The van der Waals surface area contributed by atoms with E-state index in [0.717, 1.165) is 41.9 Å². The highest BCUT2D eigenvalue weighted by molar-refractivity contribution is 5.37. The second kappa shape index (κ2) is 9.51. The zero-order chi connectivity index (χ0) is 19.3. The Morgan fingerprint density at radius 3 is 2.54 bits per heavy atom. The summed E-state index contributed by atoms with van der Waals surface area (Å²) >= 11 is 0. The lowest BCUT2D eigenvalue weighted by Gasteiger charge is -2.44. The Balaban J connectivity index is 1.31. The van der Waals surface area contributed by atoms with Crippen molar-refractivity contribution in [2.24, 2.45) is 29.6 Å². The third-order valence-corrected chi connectivity index (χ3v) is 8.16. The van der Waals surface area contributed by atoms with Crippen LogP contribution in [-0.2, 0) is 12.8 Å². The topological polar surface area (TPSA) is 9.23 Å². The Kier molecular flexibility index (Phi) is 6.81. The molecule has 2 fully saturated rings. The van der Waals surface area contributed by atoms with Gasteiger partial charge in [-0.1, -0.05) is 31.9 Å². The maximum absolute atomic E-state index is 5.99. The smallest absolute Gasteiger partial charge is 0.119 e. The van der Waals surface area contributed by atoms with Gasteiger partial charge in [0, 0.05) is 0 Å². The van der Waals surface area contributed by atoms with Crippen LogP contribution in [0.4, 0.5) is 0 Å². The Morgan fingerprint density at radius 1 is 0.929 bits per heavy atom. The molecule has 3 aliphatic carbocycles. The molecular formula is C27H40O. The Morgan fingerprint density at radius 2 is 1.71 bits per heavy atom. The van der Waals surface area contributed by atoms with Crippen molar-refractivity contribution in [3.63, 3.8) is 0 Å². The van der Waals surface area contributed by atoms with Gasteiger partial charge >= 0.3 is 0 Å². The molecule has 0 radical (unpaired) electrons. The first-order valence-electron chi connectivity index (χ1n) is 12.1. The summed E-state index contributed by atoms with van der Waals surface area (Å²) in [6.07, 6.45) is 18.6. The number of allylic oxidation sites excluding steroid dienone is 1. The van der Waals surface area contributed by atoms with Gasteiger partial charge in [-0.05, 0) is 117 Å². The van der Waals surface area contributed by atoms with Crippen molar-refractivity contribution < 1.29 is 4.74 Å². The van der Waals surface area contributed by atoms with Crippen LogP contribution in [0.1, 0.15) is 82.3 Å². The number of fused-ring (bicyclic) bond motifs is 2. The largest absolute Gasteiger partial charge is 0.494 e. The average molecular weight is 381 g/mol. The molecule has 4 rings (SSSR count). The lowest BCUT2D eigenvalue weighted by Crippen LogP contribution is -2.34. The Labute approximate surface area is 173 Å². The summed E-state index contributed by atoms with van der Waals surface area (Å²) in [6, 6.07) is 6.93. The zero-order valence-electron chi connectivity index (χ0n) is 18.0. The third-order valence-electron chi connectivity index (χ3n) is 8.16. The first kappa shape index (κ1) is 20.0. The summed E-state index contributed by atoms with van der Waals surface area (Å²) in [6.45, 7) is 7.17. The van der Waals surface area contributed by atoms with E-state index in [1.165, 1.54) is 77.0 Å². The molecule has 0 heterocycles. The van der Waals surface area contributed by atoms with Crippen LogP contribution in [0.15, 0.2) is 30.9 Å². The molecule has 0 bridgehead atoms. The number of rotatable bonds is 7. The molecule has 0 aromatic heterocycles. The lowest BCUT2D eigenvalue weighted by molar-refractivity contribution is 0.0811. The number of unbranched alkanes of at least 4 members (excludes halogenated alkanes) is 2. The number of hydrogen-bond donors (Lipinski definition) is 0. The molecule has 0 spiro atoms. The van der Waals surface area contributed by atoms with Gasteiger partial charge in [-0.2, -0.15) is 0 Å². The molecule has 1 nitrogen and oxygen atoms in total. The van der Waals surface area contributed by atoms with Gasteiger partial charge in [0.1, 0.15) is 5.75 Å². The summed E-state index contributed by atoms with van der Waals surface area (Å²) in [7, 11) is 0. The minimum atomic E-state index is 0.803. The Bertz CT molecular complexity index is 648. The number of benzene rings is 1. The van der Waals surface area contributed by atoms with Gasteiger partial charge in [-0.25, -0.2) is 0 Å². The number of ether oxygens (including phenoxy) is 1. The van der Waals surface area contributed by atoms with Crippen molar-refractivity contribution in [3.05, 3.63) is 42.0 Å². The molecule has 0 aliphatic heterocycles. The molecule has 3 aliphatic rings. The predicted octanol–water partition coefficient (Wildman–Crippen LogP) is 7.38. The molecular weight excluding hydrogens is 340 g/mol. The van der Waals surface area contributed by atoms with E-state index in [4.69, 9.17) is 4.74 Å². The quantitative estimate of drug-likeness (QED) is 0.354. The molecule has 1 aromatic carbocycles. The molecule has 5 unspecified atom stereocenters. The van der Waals surface area contributed by atoms with Crippen LogP contribution in [0.2, 0.25) is 0 Å². The van der Waals surface area contributed by atoms with Crippen LogP contribution in [0, 0.1) is 29.6 Å². The maximum Gasteiger partial charge on any atom is 0.119 e. The van der Waals surface area contributed by atoms with E-state index in [1.54, 1.807) is 11.1 Å². The standard InChI is InChI=1S/C27H40O/c1-3-5-6-15-28-27-14-13-25-18-24(11-12-26(25)19-27)23-10-9-21-16-20(4-2)7-8-22(21)17-23/h4,13-14,19-24H,2-3,5-12,15-18H2,1H3. The summed E-state index contributed by atoms with van der Waals surface area (Å²) in [5.74, 6) is 5.79. The van der Waals surface area contributed by atoms with E-state index in [0.29, 0.717) is 0 Å². The second-order valence-electron chi connectivity index (χ2n) is 9.89. The van der Waals surface area contributed by atoms with Crippen molar-refractivity contribution in [3.8, 4) is 5.75 Å². The van der Waals surface area contributed by atoms with Crippen LogP contribution < -0.4 is 4.74 Å². The van der Waals surface area contributed by atoms with Crippen molar-refractivity contribution in [2.45, 2.75) is 84.0 Å². The average Bonchev–Trinajstić information content (AvgIpc) is 2.75. The summed E-state index contributed by atoms with van der Waals surface area (Å²) in [5, 5.41) is 0. The van der Waals surface area contributed by atoms with E-state index in [2.05, 4.69) is 37.8 Å². The molecule has 0 amide bonds. The minimum absolute atomic E-state index is 0.803. The van der Waals surface area contributed by atoms with Gasteiger partial charge in [0.15, 0.2) is 0 Å². The highest BCUT2D eigenvalue weighted by Gasteiger charge is 2.38. The van der Waals surface area contributed by atoms with E-state index in [1.807, 2.05) is 0 Å². The fraction of sp³-hybridized carbons (Fsp3) is 0.704. The first-order valence-corrected chi connectivity index (χ1v) is 12.1. The van der Waals surface area contributed by atoms with Crippen molar-refractivity contribution in [1.82, 2.24) is 0 Å². The summed E-state index contributed by atoms with van der Waals surface area (Å²) < 4.78 is 5.99. The van der Waals surface area contributed by atoms with Gasteiger partial charge in [0.2, 0.25) is 0 Å². The third kappa shape index (κ3) is 4.66. The van der Waals surface area contributed by atoms with Crippen molar-refractivity contribution >= 4 is 0 Å². The Hall–Kier alpha value is -1.24. The number of hydrogen-bond acceptors (Lipinski definition) is 1. The van der Waals surface area contributed by atoms with Gasteiger partial charge < -0.3 is 4.74 Å². The van der Waals surface area contributed by atoms with Gasteiger partial charge in [0.25, 0.3) is 0 Å². The molecule has 154 valence electrons. The molecule has 2 saturated carbocycles. The van der Waals surface area contributed by atoms with E-state index in [-0.39, 0.29) is 0 Å². The molecule has 0 saturated heterocycles. The molecule has 1 heteroatoms. The van der Waals surface area contributed by atoms with Crippen molar-refractivity contribution in [1.29, 1.82) is 0 Å². The fourth-order valence-electron chi connectivity index (χ4n) is 6.40. The SMILES string of the molecule is C=CC1CCC2CC(C3CCc4cc(OCCCCC)ccc4C3)CCC2C1. The summed E-state index contributed by atoms with van der Waals surface area (Å²) in [5.41, 5.74) is 3.17. The fourth-order valence-corrected chi connectivity index (χ4v) is 6.40. The number of aryl methyl sites for hydroxylation is 1. The highest BCUT2D eigenvalue weighted by Crippen LogP contribution is 2.48. The van der Waals surface area contributed by atoms with Crippen molar-refractivity contribution in [2.75, 3.05) is 6.61 Å². The van der Waals surface area contributed by atoms with Crippen LogP contribution in [-0.4, -0.2) is 6.61 Å². The van der Waals surface area contributed by atoms with Crippen LogP contribution >= 0.6 is 0 Å². The highest BCUT2D eigenvalue weighted by atomic mass is 16.5. The van der Waals surface area contributed by atoms with Crippen LogP contribution in [0.3, 0.4) is 0 Å². The maximum atomic E-state index is 5.99. The normalized spacial score (nSPS) is 32.2. The molecule has 1 aromatic rings. The lowest BCUT2D eigenvalue weighted by atomic mass is 9.61. The van der Waals surface area contributed by atoms with E-state index < -0.39 is 0 Å². The molecule has 28 heavy (non-hydrogen) atoms. The molecule has 5 atom stereocenters. The van der Waals surface area contributed by atoms with Gasteiger partial charge in [0.05, 0.1) is 6.61 Å².